The predicted molar refractivity (Wildman–Crippen MR) is 136 cm³/mol. The predicted octanol–water partition coefficient (Wildman–Crippen LogP) is 4.28. The number of aryl methyl sites for hydroxylation is 2. The summed E-state index contributed by atoms with van der Waals surface area (Å²) in [5.41, 5.74) is 2.51. The van der Waals surface area contributed by atoms with E-state index in [1.807, 2.05) is 39.0 Å². The van der Waals surface area contributed by atoms with Crippen LogP contribution in [0.2, 0.25) is 0 Å². The van der Waals surface area contributed by atoms with E-state index in [1.165, 1.54) is 16.0 Å². The lowest BCUT2D eigenvalue weighted by Gasteiger charge is -2.32. The van der Waals surface area contributed by atoms with Crippen LogP contribution >= 0.6 is 0 Å². The standard InChI is InChI=1S/C27H30N6O4/c1-17-8-6-11-21(19(17)3)33(24(34)16-32-30-26(29-31-32)23-14-13-18(2)37-23)25(22-12-7-15-36-22)27(35)28-20-9-4-5-10-20/h6-8,11-15,20,25H,4-5,9-10,16H2,1-3H3,(H,28,35)/t25-/m0/s1. The first-order valence-electron chi connectivity index (χ1n) is 12.5. The van der Waals surface area contributed by atoms with Gasteiger partial charge in [-0.1, -0.05) is 25.0 Å². The number of amides is 2. The Labute approximate surface area is 214 Å². The number of benzene rings is 1. The number of hydrogen-bond acceptors (Lipinski definition) is 7. The molecule has 4 aromatic rings. The number of nitrogens with one attached hydrogen (secondary N) is 1. The van der Waals surface area contributed by atoms with E-state index in [0.717, 1.165) is 42.6 Å². The Kier molecular flexibility index (Phi) is 6.89. The van der Waals surface area contributed by atoms with Gasteiger partial charge in [-0.3, -0.25) is 14.5 Å². The van der Waals surface area contributed by atoms with E-state index < -0.39 is 6.04 Å². The maximum absolute atomic E-state index is 14.0. The van der Waals surface area contributed by atoms with Crippen molar-refractivity contribution in [2.24, 2.45) is 0 Å². The maximum atomic E-state index is 14.0. The third kappa shape index (κ3) is 5.18. The molecule has 2 amide bonds. The molecule has 192 valence electrons. The van der Waals surface area contributed by atoms with Crippen molar-refractivity contribution >= 4 is 17.5 Å². The van der Waals surface area contributed by atoms with Crippen LogP contribution in [0, 0.1) is 20.8 Å². The fraction of sp³-hybridized carbons (Fsp3) is 0.370. The molecule has 37 heavy (non-hydrogen) atoms. The van der Waals surface area contributed by atoms with E-state index in [2.05, 4.69) is 20.7 Å². The molecule has 1 saturated carbocycles. The highest BCUT2D eigenvalue weighted by atomic mass is 16.3. The van der Waals surface area contributed by atoms with Crippen molar-refractivity contribution in [3.63, 3.8) is 0 Å². The lowest BCUT2D eigenvalue weighted by molar-refractivity contribution is -0.128. The quantitative estimate of drug-likeness (QED) is 0.382. The van der Waals surface area contributed by atoms with E-state index >= 15 is 0 Å². The van der Waals surface area contributed by atoms with E-state index in [0.29, 0.717) is 17.2 Å². The summed E-state index contributed by atoms with van der Waals surface area (Å²) in [7, 11) is 0. The molecule has 1 atom stereocenters. The average Bonchev–Trinajstić information content (AvgIpc) is 3.68. The highest BCUT2D eigenvalue weighted by Gasteiger charge is 2.37. The molecule has 0 unspecified atom stereocenters. The molecule has 10 heteroatoms. The Hall–Kier alpha value is -4.21. The van der Waals surface area contributed by atoms with Gasteiger partial charge in [-0.25, -0.2) is 0 Å². The molecule has 5 rings (SSSR count). The number of tetrazole rings is 1. The molecule has 1 aliphatic carbocycles. The summed E-state index contributed by atoms with van der Waals surface area (Å²) >= 11 is 0. The number of nitrogens with zero attached hydrogens (tertiary/aromatic N) is 5. The lowest BCUT2D eigenvalue weighted by atomic mass is 10.0. The summed E-state index contributed by atoms with van der Waals surface area (Å²) in [5.74, 6) is 1.18. The zero-order chi connectivity index (χ0) is 25.9. The number of furan rings is 2. The van der Waals surface area contributed by atoms with Gasteiger partial charge < -0.3 is 14.2 Å². The topological polar surface area (TPSA) is 119 Å². The summed E-state index contributed by atoms with van der Waals surface area (Å²) in [6.07, 6.45) is 5.50. The molecule has 0 bridgehead atoms. The third-order valence-electron chi connectivity index (χ3n) is 6.82. The Morgan fingerprint density at radius 1 is 1.11 bits per heavy atom. The highest BCUT2D eigenvalue weighted by molar-refractivity contribution is 6.01. The minimum absolute atomic E-state index is 0.0804. The largest absolute Gasteiger partial charge is 0.467 e. The van der Waals surface area contributed by atoms with Crippen LogP contribution in [0.3, 0.4) is 0 Å². The normalized spacial score (nSPS) is 14.6. The van der Waals surface area contributed by atoms with Crippen LogP contribution in [0.25, 0.3) is 11.6 Å². The van der Waals surface area contributed by atoms with Crippen LogP contribution in [-0.2, 0) is 16.1 Å². The monoisotopic (exact) mass is 502 g/mol. The molecule has 0 aliphatic heterocycles. The van der Waals surface area contributed by atoms with E-state index in [1.54, 1.807) is 24.3 Å². The Bertz CT molecular complexity index is 1380. The van der Waals surface area contributed by atoms with Crippen molar-refractivity contribution < 1.29 is 18.4 Å². The molecular weight excluding hydrogens is 472 g/mol. The summed E-state index contributed by atoms with van der Waals surface area (Å²) in [4.78, 5) is 30.4. The second-order valence-corrected chi connectivity index (χ2v) is 9.44. The summed E-state index contributed by atoms with van der Waals surface area (Å²) < 4.78 is 11.3. The molecule has 0 spiro atoms. The SMILES string of the molecule is Cc1ccc(-c2nnn(CC(=O)N(c3cccc(C)c3C)[C@H](C(=O)NC3CCCC3)c3ccco3)n2)o1. The second kappa shape index (κ2) is 10.4. The van der Waals surface area contributed by atoms with Gasteiger partial charge in [0.05, 0.1) is 6.26 Å². The van der Waals surface area contributed by atoms with E-state index in [4.69, 9.17) is 8.83 Å². The van der Waals surface area contributed by atoms with E-state index in [9.17, 15) is 9.59 Å². The number of rotatable bonds is 8. The van der Waals surface area contributed by atoms with Crippen LogP contribution in [0.4, 0.5) is 5.69 Å². The van der Waals surface area contributed by atoms with Gasteiger partial charge in [-0.2, -0.15) is 4.80 Å². The summed E-state index contributed by atoms with van der Waals surface area (Å²) in [6, 6.07) is 11.8. The minimum atomic E-state index is -1.00. The second-order valence-electron chi connectivity index (χ2n) is 9.44. The molecule has 0 radical (unpaired) electrons. The van der Waals surface area contributed by atoms with Crippen molar-refractivity contribution in [1.82, 2.24) is 25.5 Å². The van der Waals surface area contributed by atoms with Crippen molar-refractivity contribution in [2.45, 2.75) is 65.1 Å². The number of anilines is 1. The van der Waals surface area contributed by atoms with Gasteiger partial charge in [-0.15, -0.1) is 10.2 Å². The lowest BCUT2D eigenvalue weighted by Crippen LogP contribution is -2.47. The highest BCUT2D eigenvalue weighted by Crippen LogP contribution is 2.33. The van der Waals surface area contributed by atoms with Gasteiger partial charge in [-0.05, 0) is 80.3 Å². The van der Waals surface area contributed by atoms with Gasteiger partial charge in [0, 0.05) is 11.7 Å². The van der Waals surface area contributed by atoms with Crippen molar-refractivity contribution in [3.05, 3.63) is 71.4 Å². The first kappa shape index (κ1) is 24.5. The van der Waals surface area contributed by atoms with Crippen LogP contribution in [0.15, 0.2) is 57.6 Å². The van der Waals surface area contributed by atoms with Gasteiger partial charge in [0.2, 0.25) is 5.82 Å². The molecule has 1 aliphatic rings. The number of carbonyl (C=O) groups excluding carboxylic acids is 2. The van der Waals surface area contributed by atoms with Crippen molar-refractivity contribution in [2.75, 3.05) is 4.90 Å². The Balaban J connectivity index is 1.51. The van der Waals surface area contributed by atoms with Gasteiger partial charge in [0.1, 0.15) is 18.1 Å². The average molecular weight is 503 g/mol. The van der Waals surface area contributed by atoms with E-state index in [-0.39, 0.29) is 30.2 Å². The molecule has 1 fully saturated rings. The fourth-order valence-electron chi connectivity index (χ4n) is 4.75. The molecule has 1 aromatic carbocycles. The maximum Gasteiger partial charge on any atom is 0.251 e. The molecular formula is C27H30N6O4. The fourth-order valence-corrected chi connectivity index (χ4v) is 4.75. The summed E-state index contributed by atoms with van der Waals surface area (Å²) in [6.45, 7) is 5.50. The molecule has 10 nitrogen and oxygen atoms in total. The van der Waals surface area contributed by atoms with Crippen LogP contribution in [0.1, 0.15) is 54.4 Å². The molecule has 3 heterocycles. The number of carbonyl (C=O) groups is 2. The van der Waals surface area contributed by atoms with Crippen LogP contribution < -0.4 is 10.2 Å². The van der Waals surface area contributed by atoms with Crippen LogP contribution in [-0.4, -0.2) is 38.1 Å². The molecule has 1 N–H and O–H groups in total. The van der Waals surface area contributed by atoms with Crippen LogP contribution in [0.5, 0.6) is 0 Å². The van der Waals surface area contributed by atoms with Gasteiger partial charge in [0.15, 0.2) is 11.8 Å². The third-order valence-corrected chi connectivity index (χ3v) is 6.82. The van der Waals surface area contributed by atoms with Crippen molar-refractivity contribution in [1.29, 1.82) is 0 Å². The Morgan fingerprint density at radius 2 is 1.92 bits per heavy atom. The summed E-state index contributed by atoms with van der Waals surface area (Å²) in [5, 5.41) is 15.6. The Morgan fingerprint density at radius 3 is 2.62 bits per heavy atom. The zero-order valence-corrected chi connectivity index (χ0v) is 21.2. The zero-order valence-electron chi connectivity index (χ0n) is 21.2. The number of aromatic nitrogens is 4. The molecule has 3 aromatic heterocycles. The number of hydrogen-bond donors (Lipinski definition) is 1. The first-order valence-corrected chi connectivity index (χ1v) is 12.5. The minimum Gasteiger partial charge on any atom is -0.467 e. The molecule has 0 saturated heterocycles. The van der Waals surface area contributed by atoms with Gasteiger partial charge >= 0.3 is 0 Å². The van der Waals surface area contributed by atoms with Crippen molar-refractivity contribution in [3.8, 4) is 11.6 Å². The van der Waals surface area contributed by atoms with Gasteiger partial charge in [0.25, 0.3) is 11.8 Å². The first-order chi connectivity index (χ1) is 17.9. The smallest absolute Gasteiger partial charge is 0.251 e.